The van der Waals surface area contributed by atoms with Crippen LogP contribution in [-0.2, 0) is 0 Å². The van der Waals surface area contributed by atoms with Crippen molar-refractivity contribution in [1.29, 1.82) is 0 Å². The first-order chi connectivity index (χ1) is 9.20. The number of hydrogen-bond acceptors (Lipinski definition) is 3. The minimum absolute atomic E-state index is 0.156. The van der Waals surface area contributed by atoms with Crippen molar-refractivity contribution in [3.05, 3.63) is 51.4 Å². The quantitative estimate of drug-likeness (QED) is 0.937. The minimum atomic E-state index is -0.312. The largest absolute Gasteiger partial charge is 0.385 e. The Hall–Kier alpha value is -1.81. The summed E-state index contributed by atoms with van der Waals surface area (Å²) in [5.41, 5.74) is 2.29. The van der Waals surface area contributed by atoms with Gasteiger partial charge in [-0.25, -0.2) is 0 Å². The van der Waals surface area contributed by atoms with Crippen molar-refractivity contribution in [2.45, 2.75) is 18.8 Å². The van der Waals surface area contributed by atoms with Crippen LogP contribution in [0.15, 0.2) is 35.3 Å². The van der Waals surface area contributed by atoms with E-state index in [-0.39, 0.29) is 10.6 Å². The average molecular weight is 276 g/mol. The van der Waals surface area contributed by atoms with Crippen LogP contribution in [-0.4, -0.2) is 16.8 Å². The lowest BCUT2D eigenvalue weighted by Crippen LogP contribution is -2.22. The maximum atomic E-state index is 12.1. The van der Waals surface area contributed by atoms with Crippen LogP contribution in [0.1, 0.15) is 24.3 Å². The predicted octanol–water partition coefficient (Wildman–Crippen LogP) is 2.81. The summed E-state index contributed by atoms with van der Waals surface area (Å²) in [6.45, 7) is 0. The maximum Gasteiger partial charge on any atom is 0.292 e. The molecule has 1 N–H and O–H groups in total. The normalized spacial score (nSPS) is 14.4. The monoisotopic (exact) mass is 275 g/mol. The SMILES string of the molecule is CNc1cnn(-c2ccc(C3CC3)cc2)c(=O)c1Cl. The van der Waals surface area contributed by atoms with E-state index in [4.69, 9.17) is 11.6 Å². The third-order valence-corrected chi connectivity index (χ3v) is 3.74. The van der Waals surface area contributed by atoms with Crippen LogP contribution in [0, 0.1) is 0 Å². The minimum Gasteiger partial charge on any atom is -0.385 e. The predicted molar refractivity (Wildman–Crippen MR) is 76.4 cm³/mol. The summed E-state index contributed by atoms with van der Waals surface area (Å²) in [5.74, 6) is 0.703. The van der Waals surface area contributed by atoms with Gasteiger partial charge in [0.1, 0.15) is 5.02 Å². The second kappa shape index (κ2) is 4.70. The highest BCUT2D eigenvalue weighted by atomic mass is 35.5. The summed E-state index contributed by atoms with van der Waals surface area (Å²) in [6, 6.07) is 7.94. The van der Waals surface area contributed by atoms with Gasteiger partial charge in [-0.1, -0.05) is 23.7 Å². The maximum absolute atomic E-state index is 12.1. The smallest absolute Gasteiger partial charge is 0.292 e. The molecule has 0 spiro atoms. The molecule has 0 saturated heterocycles. The molecule has 4 nitrogen and oxygen atoms in total. The summed E-state index contributed by atoms with van der Waals surface area (Å²) < 4.78 is 1.32. The molecule has 0 aliphatic heterocycles. The van der Waals surface area contributed by atoms with Crippen molar-refractivity contribution in [3.8, 4) is 5.69 Å². The molecule has 1 aliphatic carbocycles. The van der Waals surface area contributed by atoms with E-state index >= 15 is 0 Å². The van der Waals surface area contributed by atoms with Crippen molar-refractivity contribution in [2.24, 2.45) is 0 Å². The first-order valence-electron chi connectivity index (χ1n) is 6.26. The summed E-state index contributed by atoms with van der Waals surface area (Å²) in [7, 11) is 1.71. The summed E-state index contributed by atoms with van der Waals surface area (Å²) >= 11 is 6.00. The van der Waals surface area contributed by atoms with Gasteiger partial charge in [-0.2, -0.15) is 9.78 Å². The van der Waals surface area contributed by atoms with Crippen molar-refractivity contribution < 1.29 is 0 Å². The molecule has 5 heteroatoms. The molecule has 1 aromatic heterocycles. The summed E-state index contributed by atoms with van der Waals surface area (Å²) in [4.78, 5) is 12.1. The van der Waals surface area contributed by atoms with E-state index in [1.165, 1.54) is 23.1 Å². The molecule has 1 aliphatic rings. The molecule has 2 aromatic rings. The highest BCUT2D eigenvalue weighted by molar-refractivity contribution is 6.32. The topological polar surface area (TPSA) is 46.9 Å². The van der Waals surface area contributed by atoms with Gasteiger partial charge in [0, 0.05) is 7.05 Å². The standard InChI is InChI=1S/C14H14ClN3O/c1-16-12-8-17-18(14(19)13(12)15)11-6-4-10(5-7-11)9-2-3-9/h4-9,16H,2-3H2,1H3. The van der Waals surface area contributed by atoms with Crippen molar-refractivity contribution in [1.82, 2.24) is 9.78 Å². The number of nitrogens with zero attached hydrogens (tertiary/aromatic N) is 2. The molecule has 0 bridgehead atoms. The number of nitrogens with one attached hydrogen (secondary N) is 1. The molecule has 1 aromatic carbocycles. The Balaban J connectivity index is 2.01. The number of anilines is 1. The molecule has 98 valence electrons. The first-order valence-corrected chi connectivity index (χ1v) is 6.64. The molecule has 3 rings (SSSR count). The number of halogens is 1. The highest BCUT2D eigenvalue weighted by Gasteiger charge is 2.23. The van der Waals surface area contributed by atoms with Crippen LogP contribution in [0.25, 0.3) is 5.69 Å². The van der Waals surface area contributed by atoms with Gasteiger partial charge in [0.15, 0.2) is 0 Å². The number of rotatable bonds is 3. The van der Waals surface area contributed by atoms with Crippen molar-refractivity contribution >= 4 is 17.3 Å². The van der Waals surface area contributed by atoms with E-state index < -0.39 is 0 Å². The first kappa shape index (κ1) is 12.2. The Morgan fingerprint density at radius 1 is 1.32 bits per heavy atom. The van der Waals surface area contributed by atoms with Gasteiger partial charge in [-0.3, -0.25) is 4.79 Å². The van der Waals surface area contributed by atoms with Crippen LogP contribution in [0.5, 0.6) is 0 Å². The molecule has 0 amide bonds. The Labute approximate surface area is 116 Å². The fraction of sp³-hybridized carbons (Fsp3) is 0.286. The lowest BCUT2D eigenvalue weighted by molar-refractivity contribution is 0.807. The number of benzene rings is 1. The molecule has 0 unspecified atom stereocenters. The highest BCUT2D eigenvalue weighted by Crippen LogP contribution is 2.40. The zero-order valence-corrected chi connectivity index (χ0v) is 11.3. The zero-order chi connectivity index (χ0) is 13.4. The second-order valence-electron chi connectivity index (χ2n) is 4.70. The molecular weight excluding hydrogens is 262 g/mol. The summed E-state index contributed by atoms with van der Waals surface area (Å²) in [6.07, 6.45) is 4.08. The van der Waals surface area contributed by atoms with E-state index in [9.17, 15) is 4.79 Å². The fourth-order valence-corrected chi connectivity index (χ4v) is 2.32. The Kier molecular flexibility index (Phi) is 3.03. The fourth-order valence-electron chi connectivity index (χ4n) is 2.10. The van der Waals surface area contributed by atoms with E-state index in [1.807, 2.05) is 12.1 Å². The summed E-state index contributed by atoms with van der Waals surface area (Å²) in [5, 5.41) is 7.12. The molecule has 0 atom stereocenters. The molecular formula is C14H14ClN3O. The Bertz CT molecular complexity index is 659. The number of aromatic nitrogens is 2. The Morgan fingerprint density at radius 3 is 2.58 bits per heavy atom. The zero-order valence-electron chi connectivity index (χ0n) is 10.6. The van der Waals surface area contributed by atoms with E-state index in [2.05, 4.69) is 22.5 Å². The Morgan fingerprint density at radius 2 is 2.00 bits per heavy atom. The van der Waals surface area contributed by atoms with E-state index in [0.29, 0.717) is 11.6 Å². The lowest BCUT2D eigenvalue weighted by atomic mass is 10.1. The molecule has 0 radical (unpaired) electrons. The molecule has 1 fully saturated rings. The van der Waals surface area contributed by atoms with Crippen molar-refractivity contribution in [2.75, 3.05) is 12.4 Å². The van der Waals surface area contributed by atoms with Crippen LogP contribution in [0.2, 0.25) is 5.02 Å². The van der Waals surface area contributed by atoms with Crippen LogP contribution in [0.3, 0.4) is 0 Å². The van der Waals surface area contributed by atoms with Gasteiger partial charge in [0.25, 0.3) is 5.56 Å². The van der Waals surface area contributed by atoms with Gasteiger partial charge in [-0.15, -0.1) is 0 Å². The van der Waals surface area contributed by atoms with Gasteiger partial charge in [0.2, 0.25) is 0 Å². The van der Waals surface area contributed by atoms with E-state index in [1.54, 1.807) is 13.2 Å². The van der Waals surface area contributed by atoms with Gasteiger partial charge in [0.05, 0.1) is 17.6 Å². The third-order valence-electron chi connectivity index (χ3n) is 3.37. The second-order valence-corrected chi connectivity index (χ2v) is 5.08. The van der Waals surface area contributed by atoms with Crippen LogP contribution < -0.4 is 10.9 Å². The molecule has 19 heavy (non-hydrogen) atoms. The van der Waals surface area contributed by atoms with Crippen molar-refractivity contribution in [3.63, 3.8) is 0 Å². The average Bonchev–Trinajstić information content (AvgIpc) is 3.27. The third kappa shape index (κ3) is 2.24. The van der Waals surface area contributed by atoms with Crippen LogP contribution >= 0.6 is 11.6 Å². The van der Waals surface area contributed by atoms with Gasteiger partial charge < -0.3 is 5.32 Å². The van der Waals surface area contributed by atoms with Gasteiger partial charge in [-0.05, 0) is 36.5 Å². The number of hydrogen-bond donors (Lipinski definition) is 1. The lowest BCUT2D eigenvalue weighted by Gasteiger charge is -2.08. The molecule has 1 saturated carbocycles. The van der Waals surface area contributed by atoms with Gasteiger partial charge >= 0.3 is 0 Å². The van der Waals surface area contributed by atoms with Crippen LogP contribution in [0.4, 0.5) is 5.69 Å². The van der Waals surface area contributed by atoms with E-state index in [0.717, 1.165) is 5.69 Å². The molecule has 1 heterocycles.